The molecule has 1 rings (SSSR count). The molecule has 0 fully saturated rings. The zero-order valence-electron chi connectivity index (χ0n) is 8.28. The van der Waals surface area contributed by atoms with Gasteiger partial charge in [0.15, 0.2) is 5.82 Å². The molecule has 15 heavy (non-hydrogen) atoms. The van der Waals surface area contributed by atoms with E-state index in [1.165, 1.54) is 12.4 Å². The van der Waals surface area contributed by atoms with Crippen LogP contribution in [0, 0.1) is 0 Å². The lowest BCUT2D eigenvalue weighted by Crippen LogP contribution is -2.07. The highest BCUT2D eigenvalue weighted by atomic mass is 19.4. The third-order valence-corrected chi connectivity index (χ3v) is 1.50. The fraction of sp³-hybridized carbons (Fsp3) is 0.333. The highest BCUT2D eigenvalue weighted by molar-refractivity contribution is 5.58. The lowest BCUT2D eigenvalue weighted by Gasteiger charge is -2.05. The second-order valence-electron chi connectivity index (χ2n) is 3.11. The standard InChI is InChI=1S/C9H10F3N3/c1-15(2)6-14-8-4-3-7(5-13-8)9(10,11)12/h3-6H,1-2H3/b14-6+. The van der Waals surface area contributed by atoms with Gasteiger partial charge in [0.1, 0.15) is 0 Å². The smallest absolute Gasteiger partial charge is 0.369 e. The zero-order chi connectivity index (χ0) is 11.5. The zero-order valence-corrected chi connectivity index (χ0v) is 8.28. The van der Waals surface area contributed by atoms with E-state index in [0.717, 1.165) is 12.3 Å². The Balaban J connectivity index is 2.82. The Hall–Kier alpha value is -1.59. The van der Waals surface area contributed by atoms with Gasteiger partial charge in [-0.25, -0.2) is 9.98 Å². The minimum absolute atomic E-state index is 0.247. The van der Waals surface area contributed by atoms with Gasteiger partial charge in [-0.3, -0.25) is 0 Å². The number of halogens is 3. The Kier molecular flexibility index (Phi) is 3.28. The highest BCUT2D eigenvalue weighted by Gasteiger charge is 2.30. The van der Waals surface area contributed by atoms with Gasteiger partial charge in [0.2, 0.25) is 0 Å². The Morgan fingerprint density at radius 2 is 2.00 bits per heavy atom. The summed E-state index contributed by atoms with van der Waals surface area (Å²) in [5.41, 5.74) is -0.772. The molecule has 1 aromatic rings. The second-order valence-corrected chi connectivity index (χ2v) is 3.11. The normalized spacial score (nSPS) is 12.1. The van der Waals surface area contributed by atoms with Crippen molar-refractivity contribution < 1.29 is 13.2 Å². The first-order valence-electron chi connectivity index (χ1n) is 4.13. The van der Waals surface area contributed by atoms with Crippen molar-refractivity contribution >= 4 is 12.2 Å². The molecule has 0 radical (unpaired) electrons. The molecule has 0 amide bonds. The third kappa shape index (κ3) is 3.57. The van der Waals surface area contributed by atoms with E-state index in [1.807, 2.05) is 0 Å². The Bertz CT molecular complexity index is 341. The molecule has 1 heterocycles. The van der Waals surface area contributed by atoms with Crippen molar-refractivity contribution in [2.75, 3.05) is 14.1 Å². The van der Waals surface area contributed by atoms with Crippen LogP contribution in [0.1, 0.15) is 5.56 Å². The predicted octanol–water partition coefficient (Wildman–Crippen LogP) is 2.32. The summed E-state index contributed by atoms with van der Waals surface area (Å²) < 4.78 is 36.4. The van der Waals surface area contributed by atoms with Gasteiger partial charge in [-0.2, -0.15) is 13.2 Å². The second kappa shape index (κ2) is 4.29. The van der Waals surface area contributed by atoms with Crippen LogP contribution in [0.15, 0.2) is 23.3 Å². The number of hydrogen-bond acceptors (Lipinski definition) is 2. The molecule has 1 aromatic heterocycles. The lowest BCUT2D eigenvalue weighted by atomic mass is 10.3. The van der Waals surface area contributed by atoms with E-state index < -0.39 is 11.7 Å². The summed E-state index contributed by atoms with van der Waals surface area (Å²) in [5, 5.41) is 0. The molecule has 0 bridgehead atoms. The van der Waals surface area contributed by atoms with Crippen LogP contribution < -0.4 is 0 Å². The first-order chi connectivity index (χ1) is 6.89. The maximum absolute atomic E-state index is 12.1. The maximum atomic E-state index is 12.1. The molecule has 0 aliphatic rings. The average molecular weight is 217 g/mol. The van der Waals surface area contributed by atoms with E-state index in [1.54, 1.807) is 19.0 Å². The SMILES string of the molecule is CN(C)/C=N/c1ccc(C(F)(F)F)cn1. The fourth-order valence-corrected chi connectivity index (χ4v) is 0.805. The first kappa shape index (κ1) is 11.5. The molecule has 0 saturated carbocycles. The molecule has 6 heteroatoms. The molecule has 0 unspecified atom stereocenters. The summed E-state index contributed by atoms with van der Waals surface area (Å²) >= 11 is 0. The molecular weight excluding hydrogens is 207 g/mol. The maximum Gasteiger partial charge on any atom is 0.417 e. The summed E-state index contributed by atoms with van der Waals surface area (Å²) in [7, 11) is 3.52. The van der Waals surface area contributed by atoms with Gasteiger partial charge in [-0.1, -0.05) is 0 Å². The van der Waals surface area contributed by atoms with Crippen LogP contribution in [-0.4, -0.2) is 30.3 Å². The van der Waals surface area contributed by atoms with Crippen molar-refractivity contribution in [2.24, 2.45) is 4.99 Å². The Morgan fingerprint density at radius 3 is 2.40 bits per heavy atom. The number of rotatable bonds is 2. The van der Waals surface area contributed by atoms with Gasteiger partial charge in [0, 0.05) is 20.3 Å². The van der Waals surface area contributed by atoms with E-state index in [-0.39, 0.29) is 5.82 Å². The van der Waals surface area contributed by atoms with Crippen LogP contribution in [0.25, 0.3) is 0 Å². The number of hydrogen-bond donors (Lipinski definition) is 0. The Morgan fingerprint density at radius 1 is 1.33 bits per heavy atom. The van der Waals surface area contributed by atoms with Gasteiger partial charge < -0.3 is 4.90 Å². The van der Waals surface area contributed by atoms with Crippen LogP contribution in [0.5, 0.6) is 0 Å². The van der Waals surface area contributed by atoms with E-state index in [9.17, 15) is 13.2 Å². The molecule has 0 N–H and O–H groups in total. The first-order valence-corrected chi connectivity index (χ1v) is 4.13. The van der Waals surface area contributed by atoms with Crippen molar-refractivity contribution in [1.82, 2.24) is 9.88 Å². The molecule has 0 saturated heterocycles. The molecular formula is C9H10F3N3. The number of pyridine rings is 1. The molecule has 0 aliphatic heterocycles. The third-order valence-electron chi connectivity index (χ3n) is 1.50. The van der Waals surface area contributed by atoms with Gasteiger partial charge in [-0.15, -0.1) is 0 Å². The van der Waals surface area contributed by atoms with E-state index in [0.29, 0.717) is 0 Å². The van der Waals surface area contributed by atoms with Crippen molar-refractivity contribution in [1.29, 1.82) is 0 Å². The van der Waals surface area contributed by atoms with Crippen molar-refractivity contribution in [3.63, 3.8) is 0 Å². The quantitative estimate of drug-likeness (QED) is 0.561. The van der Waals surface area contributed by atoms with Crippen molar-refractivity contribution in [3.8, 4) is 0 Å². The number of alkyl halides is 3. The molecule has 0 atom stereocenters. The van der Waals surface area contributed by atoms with Crippen LogP contribution in [0.3, 0.4) is 0 Å². The monoisotopic (exact) mass is 217 g/mol. The number of aromatic nitrogens is 1. The van der Waals surface area contributed by atoms with E-state index in [4.69, 9.17) is 0 Å². The van der Waals surface area contributed by atoms with Gasteiger partial charge in [0.25, 0.3) is 0 Å². The topological polar surface area (TPSA) is 28.5 Å². The van der Waals surface area contributed by atoms with Gasteiger partial charge >= 0.3 is 6.18 Å². The van der Waals surface area contributed by atoms with Gasteiger partial charge in [-0.05, 0) is 12.1 Å². The molecule has 0 aliphatic carbocycles. The number of nitrogens with zero attached hydrogens (tertiary/aromatic N) is 3. The van der Waals surface area contributed by atoms with Crippen LogP contribution in [0.2, 0.25) is 0 Å². The summed E-state index contributed by atoms with van der Waals surface area (Å²) in [6.07, 6.45) is -2.12. The summed E-state index contributed by atoms with van der Waals surface area (Å²) in [6, 6.07) is 2.18. The van der Waals surface area contributed by atoms with Crippen molar-refractivity contribution in [3.05, 3.63) is 23.9 Å². The molecule has 82 valence electrons. The van der Waals surface area contributed by atoms with Crippen LogP contribution in [-0.2, 0) is 6.18 Å². The summed E-state index contributed by atoms with van der Waals surface area (Å²) in [5.74, 6) is 0.247. The van der Waals surface area contributed by atoms with Crippen LogP contribution in [0.4, 0.5) is 19.0 Å². The molecule has 3 nitrogen and oxygen atoms in total. The molecule has 0 aromatic carbocycles. The largest absolute Gasteiger partial charge is 0.417 e. The lowest BCUT2D eigenvalue weighted by molar-refractivity contribution is -0.137. The summed E-state index contributed by atoms with van der Waals surface area (Å²) in [6.45, 7) is 0. The van der Waals surface area contributed by atoms with Crippen molar-refractivity contribution in [2.45, 2.75) is 6.18 Å². The van der Waals surface area contributed by atoms with Gasteiger partial charge in [0.05, 0.1) is 11.9 Å². The fourth-order valence-electron chi connectivity index (χ4n) is 0.805. The number of aliphatic imine (C=N–C) groups is 1. The van der Waals surface area contributed by atoms with E-state index >= 15 is 0 Å². The highest BCUT2D eigenvalue weighted by Crippen LogP contribution is 2.29. The summed E-state index contributed by atoms with van der Waals surface area (Å²) in [4.78, 5) is 9.09. The predicted molar refractivity (Wildman–Crippen MR) is 51.1 cm³/mol. The van der Waals surface area contributed by atoms with Crippen LogP contribution >= 0.6 is 0 Å². The minimum Gasteiger partial charge on any atom is -0.369 e. The van der Waals surface area contributed by atoms with E-state index in [2.05, 4.69) is 9.98 Å². The molecule has 0 spiro atoms. The minimum atomic E-state index is -4.35. The Labute approximate surface area is 85.3 Å². The average Bonchev–Trinajstić information content (AvgIpc) is 2.14.